The first-order chi connectivity index (χ1) is 11.8. The molecule has 2 aromatic rings. The van der Waals surface area contributed by atoms with E-state index in [9.17, 15) is 4.79 Å². The Labute approximate surface area is 153 Å². The molecule has 1 amide bonds. The van der Waals surface area contributed by atoms with Crippen LogP contribution in [0.1, 0.15) is 54.5 Å². The van der Waals surface area contributed by atoms with Crippen molar-refractivity contribution in [3.63, 3.8) is 0 Å². The van der Waals surface area contributed by atoms with Gasteiger partial charge in [0.15, 0.2) is 4.80 Å². The smallest absolute Gasteiger partial charge is 0.279 e. The van der Waals surface area contributed by atoms with E-state index in [0.29, 0.717) is 5.56 Å². The Hall–Kier alpha value is -1.88. The summed E-state index contributed by atoms with van der Waals surface area (Å²) in [5, 5.41) is 0. The maximum atomic E-state index is 12.6. The molecule has 0 saturated heterocycles. The van der Waals surface area contributed by atoms with Crippen molar-refractivity contribution in [3.8, 4) is 5.75 Å². The number of hydrogen-bond acceptors (Lipinski definition) is 3. The van der Waals surface area contributed by atoms with Crippen molar-refractivity contribution >= 4 is 17.2 Å². The van der Waals surface area contributed by atoms with Crippen LogP contribution in [-0.2, 0) is 12.0 Å². The third-order valence-electron chi connectivity index (χ3n) is 4.51. The lowest BCUT2D eigenvalue weighted by Crippen LogP contribution is -2.19. The van der Waals surface area contributed by atoms with Gasteiger partial charge in [-0.05, 0) is 55.4 Å². The zero-order valence-electron chi connectivity index (χ0n) is 15.6. The van der Waals surface area contributed by atoms with Crippen LogP contribution in [-0.4, -0.2) is 17.6 Å². The number of thiazole rings is 1. The van der Waals surface area contributed by atoms with E-state index in [4.69, 9.17) is 4.74 Å². The first kappa shape index (κ1) is 17.9. The molecule has 1 aliphatic carbocycles. The predicted molar refractivity (Wildman–Crippen MR) is 101 cm³/mol. The normalized spacial score (nSPS) is 15.5. The second kappa shape index (κ2) is 6.79. The quantitative estimate of drug-likeness (QED) is 0.817. The summed E-state index contributed by atoms with van der Waals surface area (Å²) in [6.45, 7) is 9.75. The van der Waals surface area contributed by atoms with Crippen LogP contribution in [0.4, 0.5) is 0 Å². The van der Waals surface area contributed by atoms with Gasteiger partial charge in [0.25, 0.3) is 5.91 Å². The highest BCUT2D eigenvalue weighted by atomic mass is 32.1. The predicted octanol–water partition coefficient (Wildman–Crippen LogP) is 4.32. The number of carbonyl (C=O) groups is 1. The minimum absolute atomic E-state index is 0.0526. The van der Waals surface area contributed by atoms with Crippen LogP contribution in [0, 0.1) is 12.8 Å². The fourth-order valence-electron chi connectivity index (χ4n) is 2.92. The van der Waals surface area contributed by atoms with Crippen LogP contribution >= 0.6 is 11.3 Å². The fraction of sp³-hybridized carbons (Fsp3) is 0.500. The van der Waals surface area contributed by atoms with E-state index < -0.39 is 0 Å². The molecular formula is C20H26N2O2S. The molecule has 1 aliphatic rings. The summed E-state index contributed by atoms with van der Waals surface area (Å²) < 4.78 is 7.39. The molecule has 1 saturated carbocycles. The number of rotatable bonds is 4. The van der Waals surface area contributed by atoms with Crippen molar-refractivity contribution < 1.29 is 9.53 Å². The van der Waals surface area contributed by atoms with Gasteiger partial charge < -0.3 is 9.30 Å². The highest BCUT2D eigenvalue weighted by Crippen LogP contribution is 2.33. The maximum absolute atomic E-state index is 12.6. The topological polar surface area (TPSA) is 43.6 Å². The Morgan fingerprint density at radius 2 is 1.92 bits per heavy atom. The maximum Gasteiger partial charge on any atom is 0.279 e. The molecule has 1 heterocycles. The van der Waals surface area contributed by atoms with Crippen molar-refractivity contribution in [2.75, 3.05) is 7.11 Å². The largest absolute Gasteiger partial charge is 0.497 e. The van der Waals surface area contributed by atoms with Crippen molar-refractivity contribution in [1.82, 2.24) is 4.57 Å². The minimum Gasteiger partial charge on any atom is -0.497 e. The SMILES string of the molecule is COc1ccc(C(=O)/N=c2\sc(C(C)(C)C)c(C)n2CC2CC2)cc1. The average Bonchev–Trinajstić information content (AvgIpc) is 3.33. The van der Waals surface area contributed by atoms with Gasteiger partial charge in [-0.15, -0.1) is 11.3 Å². The first-order valence-electron chi connectivity index (χ1n) is 8.73. The minimum atomic E-state index is -0.200. The lowest BCUT2D eigenvalue weighted by molar-refractivity contribution is 0.0997. The van der Waals surface area contributed by atoms with E-state index in [1.54, 1.807) is 42.7 Å². The summed E-state index contributed by atoms with van der Waals surface area (Å²) in [6.07, 6.45) is 2.55. The Morgan fingerprint density at radius 1 is 1.28 bits per heavy atom. The molecule has 1 fully saturated rings. The number of aromatic nitrogens is 1. The molecule has 4 nitrogen and oxygen atoms in total. The average molecular weight is 359 g/mol. The van der Waals surface area contributed by atoms with Crippen LogP contribution in [0.25, 0.3) is 0 Å². The molecule has 134 valence electrons. The van der Waals surface area contributed by atoms with Gasteiger partial charge in [0.1, 0.15) is 5.75 Å². The third-order valence-corrected chi connectivity index (χ3v) is 6.12. The molecule has 0 bridgehead atoms. The van der Waals surface area contributed by atoms with Crippen molar-refractivity contribution in [3.05, 3.63) is 45.2 Å². The first-order valence-corrected chi connectivity index (χ1v) is 9.55. The zero-order chi connectivity index (χ0) is 18.2. The van der Waals surface area contributed by atoms with Gasteiger partial charge in [0.05, 0.1) is 7.11 Å². The van der Waals surface area contributed by atoms with Crippen molar-refractivity contribution in [2.24, 2.45) is 10.9 Å². The van der Waals surface area contributed by atoms with Crippen molar-refractivity contribution in [2.45, 2.75) is 52.5 Å². The lowest BCUT2D eigenvalue weighted by Gasteiger charge is -2.17. The monoisotopic (exact) mass is 358 g/mol. The van der Waals surface area contributed by atoms with E-state index in [1.807, 2.05) is 0 Å². The number of amides is 1. The molecule has 25 heavy (non-hydrogen) atoms. The summed E-state index contributed by atoms with van der Waals surface area (Å²) >= 11 is 1.64. The molecular weight excluding hydrogens is 332 g/mol. The highest BCUT2D eigenvalue weighted by molar-refractivity contribution is 7.09. The van der Waals surface area contributed by atoms with E-state index in [0.717, 1.165) is 23.0 Å². The Bertz CT molecular complexity index is 834. The van der Waals surface area contributed by atoms with Gasteiger partial charge in [-0.25, -0.2) is 0 Å². The summed E-state index contributed by atoms with van der Waals surface area (Å²) in [5.41, 5.74) is 1.88. The van der Waals surface area contributed by atoms with Crippen LogP contribution in [0.2, 0.25) is 0 Å². The van der Waals surface area contributed by atoms with Gasteiger partial charge >= 0.3 is 0 Å². The summed E-state index contributed by atoms with van der Waals surface area (Å²) in [7, 11) is 1.62. The second-order valence-electron chi connectivity index (χ2n) is 7.75. The molecule has 1 aromatic heterocycles. The molecule has 0 unspecified atom stereocenters. The molecule has 3 rings (SSSR count). The van der Waals surface area contributed by atoms with Crippen molar-refractivity contribution in [1.29, 1.82) is 0 Å². The summed E-state index contributed by atoms with van der Waals surface area (Å²) in [5.74, 6) is 1.27. The number of benzene rings is 1. The van der Waals surface area contributed by atoms with Gasteiger partial charge in [-0.1, -0.05) is 20.8 Å². The van der Waals surface area contributed by atoms with E-state index in [1.165, 1.54) is 23.4 Å². The van der Waals surface area contributed by atoms with Crippen LogP contribution in [0.15, 0.2) is 29.3 Å². The standard InChI is InChI=1S/C20H26N2O2S/c1-13-17(20(2,3)4)25-19(22(13)12-14-6-7-14)21-18(23)15-8-10-16(24-5)11-9-15/h8-11,14H,6-7,12H2,1-5H3/b21-19-. The molecule has 0 atom stereocenters. The third kappa shape index (κ3) is 4.03. The van der Waals surface area contributed by atoms with Crippen LogP contribution < -0.4 is 9.54 Å². The number of hydrogen-bond donors (Lipinski definition) is 0. The van der Waals surface area contributed by atoms with Gasteiger partial charge in [-0.2, -0.15) is 4.99 Å². The Balaban J connectivity index is 2.01. The Kier molecular flexibility index (Phi) is 4.87. The van der Waals surface area contributed by atoms with E-state index >= 15 is 0 Å². The summed E-state index contributed by atoms with van der Waals surface area (Å²) in [6, 6.07) is 7.12. The van der Waals surface area contributed by atoms with E-state index in [2.05, 4.69) is 37.3 Å². The number of ether oxygens (including phenoxy) is 1. The second-order valence-corrected chi connectivity index (χ2v) is 8.73. The fourth-order valence-corrected chi connectivity index (χ4v) is 4.12. The van der Waals surface area contributed by atoms with Gasteiger partial charge in [-0.3, -0.25) is 4.79 Å². The number of carbonyl (C=O) groups excluding carboxylic acids is 1. The number of nitrogens with zero attached hydrogens (tertiary/aromatic N) is 2. The molecule has 5 heteroatoms. The van der Waals surface area contributed by atoms with Gasteiger partial charge in [0, 0.05) is 22.7 Å². The van der Waals surface area contributed by atoms with Gasteiger partial charge in [0.2, 0.25) is 0 Å². The van der Waals surface area contributed by atoms with E-state index in [-0.39, 0.29) is 11.3 Å². The Morgan fingerprint density at radius 3 is 2.44 bits per heavy atom. The zero-order valence-corrected chi connectivity index (χ0v) is 16.4. The molecule has 0 N–H and O–H groups in total. The molecule has 0 spiro atoms. The molecule has 1 aromatic carbocycles. The lowest BCUT2D eigenvalue weighted by atomic mass is 9.93. The molecule has 0 radical (unpaired) electrons. The van der Waals surface area contributed by atoms with Crippen LogP contribution in [0.5, 0.6) is 5.75 Å². The highest BCUT2D eigenvalue weighted by Gasteiger charge is 2.27. The number of methoxy groups -OCH3 is 1. The summed E-state index contributed by atoms with van der Waals surface area (Å²) in [4.78, 5) is 19.2. The molecule has 0 aliphatic heterocycles. The van der Waals surface area contributed by atoms with Crippen LogP contribution in [0.3, 0.4) is 0 Å².